The Morgan fingerprint density at radius 2 is 2.06 bits per heavy atom. The standard InChI is InChI=1S/C14H27NO/c1-4-11-6-8-15(9-11)10-12-5-7-14(2,3)13(12)16/h11-13,16H,4-10H2,1-3H3. The van der Waals surface area contributed by atoms with Gasteiger partial charge in [-0.25, -0.2) is 0 Å². The van der Waals surface area contributed by atoms with Crippen LogP contribution in [0.3, 0.4) is 0 Å². The van der Waals surface area contributed by atoms with E-state index in [2.05, 4.69) is 25.7 Å². The Morgan fingerprint density at radius 1 is 1.31 bits per heavy atom. The SMILES string of the molecule is CCC1CCN(CC2CCC(C)(C)C2O)C1. The molecule has 0 aromatic carbocycles. The van der Waals surface area contributed by atoms with Crippen LogP contribution in [-0.4, -0.2) is 35.7 Å². The molecule has 1 saturated heterocycles. The topological polar surface area (TPSA) is 23.5 Å². The second kappa shape index (κ2) is 4.66. The molecule has 0 bridgehead atoms. The van der Waals surface area contributed by atoms with E-state index < -0.39 is 0 Å². The molecule has 0 radical (unpaired) electrons. The number of aliphatic hydroxyl groups is 1. The molecule has 0 aromatic rings. The normalized spacial score (nSPS) is 39.4. The number of rotatable bonds is 3. The highest BCUT2D eigenvalue weighted by Crippen LogP contribution is 2.41. The maximum absolute atomic E-state index is 10.3. The molecule has 94 valence electrons. The summed E-state index contributed by atoms with van der Waals surface area (Å²) in [5.74, 6) is 1.43. The predicted octanol–water partition coefficient (Wildman–Crippen LogP) is 2.52. The van der Waals surface area contributed by atoms with E-state index in [9.17, 15) is 5.11 Å². The van der Waals surface area contributed by atoms with Gasteiger partial charge in [-0.2, -0.15) is 0 Å². The molecule has 2 nitrogen and oxygen atoms in total. The van der Waals surface area contributed by atoms with Crippen LogP contribution in [0, 0.1) is 17.3 Å². The van der Waals surface area contributed by atoms with Crippen LogP contribution in [0.25, 0.3) is 0 Å². The highest BCUT2D eigenvalue weighted by molar-refractivity contribution is 4.93. The number of hydrogen-bond acceptors (Lipinski definition) is 2. The Labute approximate surface area is 100 Å². The largest absolute Gasteiger partial charge is 0.392 e. The zero-order valence-corrected chi connectivity index (χ0v) is 11.1. The fourth-order valence-corrected chi connectivity index (χ4v) is 3.44. The van der Waals surface area contributed by atoms with Crippen molar-refractivity contribution in [3.8, 4) is 0 Å². The Hall–Kier alpha value is -0.0800. The third-order valence-electron chi connectivity index (χ3n) is 4.85. The van der Waals surface area contributed by atoms with E-state index in [1.807, 2.05) is 0 Å². The molecule has 3 unspecified atom stereocenters. The Morgan fingerprint density at radius 3 is 2.56 bits per heavy atom. The molecule has 2 rings (SSSR count). The van der Waals surface area contributed by atoms with Crippen molar-refractivity contribution in [1.29, 1.82) is 0 Å². The third kappa shape index (κ3) is 2.43. The molecule has 1 aliphatic carbocycles. The molecule has 0 spiro atoms. The zero-order valence-electron chi connectivity index (χ0n) is 11.1. The smallest absolute Gasteiger partial charge is 0.0631 e. The van der Waals surface area contributed by atoms with Gasteiger partial charge in [-0.05, 0) is 43.1 Å². The minimum Gasteiger partial charge on any atom is -0.392 e. The molecule has 0 aromatic heterocycles. The van der Waals surface area contributed by atoms with Gasteiger partial charge in [-0.15, -0.1) is 0 Å². The second-order valence-corrected chi connectivity index (χ2v) is 6.55. The second-order valence-electron chi connectivity index (χ2n) is 6.55. The van der Waals surface area contributed by atoms with E-state index in [0.717, 1.165) is 12.5 Å². The van der Waals surface area contributed by atoms with Gasteiger partial charge in [0.1, 0.15) is 0 Å². The van der Waals surface area contributed by atoms with Crippen molar-refractivity contribution in [3.63, 3.8) is 0 Å². The fraction of sp³-hybridized carbons (Fsp3) is 1.00. The maximum Gasteiger partial charge on any atom is 0.0631 e. The van der Waals surface area contributed by atoms with Crippen LogP contribution in [0.15, 0.2) is 0 Å². The van der Waals surface area contributed by atoms with Crippen LogP contribution in [0.4, 0.5) is 0 Å². The minimum absolute atomic E-state index is 0.0897. The van der Waals surface area contributed by atoms with E-state index in [0.29, 0.717) is 5.92 Å². The lowest BCUT2D eigenvalue weighted by atomic mass is 9.87. The summed E-state index contributed by atoms with van der Waals surface area (Å²) in [7, 11) is 0. The van der Waals surface area contributed by atoms with Crippen molar-refractivity contribution in [3.05, 3.63) is 0 Å². The Balaban J connectivity index is 1.83. The molecular weight excluding hydrogens is 198 g/mol. The average Bonchev–Trinajstić information content (AvgIpc) is 2.79. The molecule has 2 aliphatic rings. The summed E-state index contributed by atoms with van der Waals surface area (Å²) in [4.78, 5) is 2.57. The summed E-state index contributed by atoms with van der Waals surface area (Å²) >= 11 is 0. The van der Waals surface area contributed by atoms with Crippen molar-refractivity contribution in [1.82, 2.24) is 4.90 Å². The average molecular weight is 225 g/mol. The molecule has 0 amide bonds. The van der Waals surface area contributed by atoms with E-state index in [1.54, 1.807) is 0 Å². The third-order valence-corrected chi connectivity index (χ3v) is 4.85. The lowest BCUT2D eigenvalue weighted by Gasteiger charge is -2.28. The molecule has 3 atom stereocenters. The van der Waals surface area contributed by atoms with Gasteiger partial charge in [-0.3, -0.25) is 0 Å². The van der Waals surface area contributed by atoms with Crippen molar-refractivity contribution in [2.75, 3.05) is 19.6 Å². The summed E-state index contributed by atoms with van der Waals surface area (Å²) in [5.41, 5.74) is 0.147. The summed E-state index contributed by atoms with van der Waals surface area (Å²) < 4.78 is 0. The Kier molecular flexibility index (Phi) is 3.60. The fourth-order valence-electron chi connectivity index (χ4n) is 3.44. The minimum atomic E-state index is -0.0897. The van der Waals surface area contributed by atoms with Crippen molar-refractivity contribution < 1.29 is 5.11 Å². The van der Waals surface area contributed by atoms with Crippen molar-refractivity contribution in [2.24, 2.45) is 17.3 Å². The van der Waals surface area contributed by atoms with Gasteiger partial charge in [0.25, 0.3) is 0 Å². The van der Waals surface area contributed by atoms with Gasteiger partial charge in [0, 0.05) is 13.1 Å². The highest BCUT2D eigenvalue weighted by Gasteiger charge is 2.41. The summed E-state index contributed by atoms with van der Waals surface area (Å²) in [6.07, 6.45) is 4.98. The van der Waals surface area contributed by atoms with Gasteiger partial charge in [0.05, 0.1) is 6.10 Å². The molecule has 2 heteroatoms. The van der Waals surface area contributed by atoms with Crippen LogP contribution in [0.1, 0.15) is 46.5 Å². The zero-order chi connectivity index (χ0) is 11.8. The summed E-state index contributed by atoms with van der Waals surface area (Å²) in [6.45, 7) is 10.3. The maximum atomic E-state index is 10.3. The molecular formula is C14H27NO. The van der Waals surface area contributed by atoms with E-state index in [-0.39, 0.29) is 11.5 Å². The molecule has 2 fully saturated rings. The van der Waals surface area contributed by atoms with Gasteiger partial charge < -0.3 is 10.0 Å². The first-order valence-electron chi connectivity index (χ1n) is 6.93. The summed E-state index contributed by atoms with van der Waals surface area (Å²) in [6, 6.07) is 0. The van der Waals surface area contributed by atoms with Crippen molar-refractivity contribution in [2.45, 2.75) is 52.6 Å². The molecule has 1 heterocycles. The van der Waals surface area contributed by atoms with Gasteiger partial charge >= 0.3 is 0 Å². The van der Waals surface area contributed by atoms with E-state index >= 15 is 0 Å². The van der Waals surface area contributed by atoms with Crippen LogP contribution in [-0.2, 0) is 0 Å². The van der Waals surface area contributed by atoms with Crippen LogP contribution >= 0.6 is 0 Å². The lowest BCUT2D eigenvalue weighted by molar-refractivity contribution is 0.0349. The first-order chi connectivity index (χ1) is 7.53. The first-order valence-corrected chi connectivity index (χ1v) is 6.93. The van der Waals surface area contributed by atoms with Gasteiger partial charge in [0.2, 0.25) is 0 Å². The molecule has 1 N–H and O–H groups in total. The number of aliphatic hydroxyl groups excluding tert-OH is 1. The van der Waals surface area contributed by atoms with Crippen LogP contribution < -0.4 is 0 Å². The monoisotopic (exact) mass is 225 g/mol. The Bertz CT molecular complexity index is 239. The number of hydrogen-bond donors (Lipinski definition) is 1. The lowest BCUT2D eigenvalue weighted by Crippen LogP contribution is -2.35. The van der Waals surface area contributed by atoms with E-state index in [1.165, 1.54) is 38.8 Å². The van der Waals surface area contributed by atoms with Crippen LogP contribution in [0.5, 0.6) is 0 Å². The number of nitrogens with zero attached hydrogens (tertiary/aromatic N) is 1. The molecule has 1 aliphatic heterocycles. The number of likely N-dealkylation sites (tertiary alicyclic amines) is 1. The quantitative estimate of drug-likeness (QED) is 0.798. The molecule has 16 heavy (non-hydrogen) atoms. The van der Waals surface area contributed by atoms with E-state index in [4.69, 9.17) is 0 Å². The van der Waals surface area contributed by atoms with Crippen molar-refractivity contribution >= 4 is 0 Å². The first kappa shape index (κ1) is 12.4. The van der Waals surface area contributed by atoms with Gasteiger partial charge in [-0.1, -0.05) is 27.2 Å². The van der Waals surface area contributed by atoms with Crippen LogP contribution in [0.2, 0.25) is 0 Å². The predicted molar refractivity (Wildman–Crippen MR) is 67.3 cm³/mol. The van der Waals surface area contributed by atoms with Gasteiger partial charge in [0.15, 0.2) is 0 Å². The summed E-state index contributed by atoms with van der Waals surface area (Å²) in [5, 5.41) is 10.3. The highest BCUT2D eigenvalue weighted by atomic mass is 16.3. The molecule has 1 saturated carbocycles.